The van der Waals surface area contributed by atoms with Crippen molar-refractivity contribution in [2.24, 2.45) is 27.9 Å². The molecule has 1 rings (SSSR count). The van der Waals surface area contributed by atoms with Gasteiger partial charge in [0, 0.05) is 19.4 Å². The van der Waals surface area contributed by atoms with Gasteiger partial charge in [0.15, 0.2) is 5.96 Å². The molecule has 0 aliphatic heterocycles. The molecule has 4 atom stereocenters. The van der Waals surface area contributed by atoms with Gasteiger partial charge in [0.2, 0.25) is 23.6 Å². The Kier molecular flexibility index (Phi) is 14.1. The van der Waals surface area contributed by atoms with E-state index in [1.54, 1.807) is 0 Å². The Morgan fingerprint density at radius 1 is 0.805 bits per heavy atom. The summed E-state index contributed by atoms with van der Waals surface area (Å²) in [6.07, 6.45) is -1.32. The van der Waals surface area contributed by atoms with Crippen LogP contribution in [0.4, 0.5) is 0 Å². The fourth-order valence-corrected chi connectivity index (χ4v) is 3.48. The van der Waals surface area contributed by atoms with Crippen molar-refractivity contribution in [3.63, 3.8) is 0 Å². The second-order valence-corrected chi connectivity index (χ2v) is 9.05. The van der Waals surface area contributed by atoms with E-state index in [4.69, 9.17) is 22.9 Å². The predicted molar refractivity (Wildman–Crippen MR) is 144 cm³/mol. The molecule has 226 valence electrons. The molecule has 0 saturated heterocycles. The van der Waals surface area contributed by atoms with Crippen molar-refractivity contribution < 1.29 is 44.1 Å². The number of nitrogens with two attached hydrogens (primary N) is 4. The van der Waals surface area contributed by atoms with Gasteiger partial charge in [0.25, 0.3) is 0 Å². The van der Waals surface area contributed by atoms with Gasteiger partial charge in [-0.3, -0.25) is 29.0 Å². The number of nitrogens with one attached hydrogen (secondary N) is 3. The number of aromatic hydroxyl groups is 1. The first-order valence-electron chi connectivity index (χ1n) is 12.4. The van der Waals surface area contributed by atoms with Gasteiger partial charge in [-0.25, -0.2) is 4.79 Å². The topological polar surface area (TPSA) is 316 Å². The summed E-state index contributed by atoms with van der Waals surface area (Å²) in [5.41, 5.74) is 21.9. The highest BCUT2D eigenvalue weighted by atomic mass is 16.4. The first kappa shape index (κ1) is 34.1. The second kappa shape index (κ2) is 16.9. The number of carboxylic acid groups (broad SMARTS) is 2. The van der Waals surface area contributed by atoms with E-state index in [0.29, 0.717) is 12.0 Å². The molecule has 0 spiro atoms. The molecule has 17 heteroatoms. The van der Waals surface area contributed by atoms with E-state index in [0.717, 1.165) is 0 Å². The second-order valence-electron chi connectivity index (χ2n) is 9.05. The van der Waals surface area contributed by atoms with Crippen LogP contribution >= 0.6 is 0 Å². The highest BCUT2D eigenvalue weighted by molar-refractivity contribution is 5.95. The number of phenols is 1. The Morgan fingerprint density at radius 3 is 1.90 bits per heavy atom. The maximum absolute atomic E-state index is 13.0. The smallest absolute Gasteiger partial charge is 0.326 e. The Balaban J connectivity index is 3.00. The van der Waals surface area contributed by atoms with Crippen LogP contribution in [0.2, 0.25) is 0 Å². The van der Waals surface area contributed by atoms with Crippen LogP contribution in [0.1, 0.15) is 37.7 Å². The highest BCUT2D eigenvalue weighted by Crippen LogP contribution is 2.12. The lowest BCUT2D eigenvalue weighted by Gasteiger charge is -2.24. The Labute approximate surface area is 234 Å². The maximum Gasteiger partial charge on any atom is 0.326 e. The number of benzene rings is 1. The van der Waals surface area contributed by atoms with Gasteiger partial charge in [-0.05, 0) is 37.0 Å². The first-order chi connectivity index (χ1) is 19.2. The fourth-order valence-electron chi connectivity index (χ4n) is 3.48. The van der Waals surface area contributed by atoms with E-state index in [1.807, 2.05) is 0 Å². The van der Waals surface area contributed by atoms with Crippen LogP contribution in [0, 0.1) is 0 Å². The number of carboxylic acids is 2. The van der Waals surface area contributed by atoms with E-state index in [2.05, 4.69) is 20.9 Å². The molecule has 0 bridgehead atoms. The van der Waals surface area contributed by atoms with Gasteiger partial charge < -0.3 is 54.2 Å². The number of aliphatic carboxylic acids is 2. The zero-order chi connectivity index (χ0) is 31.1. The predicted octanol–water partition coefficient (Wildman–Crippen LogP) is -3.41. The summed E-state index contributed by atoms with van der Waals surface area (Å²) in [4.78, 5) is 76.7. The lowest BCUT2D eigenvalue weighted by Crippen LogP contribution is -2.57. The third kappa shape index (κ3) is 13.6. The van der Waals surface area contributed by atoms with Crippen LogP contribution in [-0.2, 0) is 35.2 Å². The number of amides is 4. The molecule has 14 N–H and O–H groups in total. The van der Waals surface area contributed by atoms with Crippen molar-refractivity contribution in [3.05, 3.63) is 29.8 Å². The molecule has 4 amide bonds. The molecule has 0 aromatic heterocycles. The molecule has 4 unspecified atom stereocenters. The zero-order valence-electron chi connectivity index (χ0n) is 22.1. The van der Waals surface area contributed by atoms with Crippen LogP contribution in [0.15, 0.2) is 29.3 Å². The van der Waals surface area contributed by atoms with E-state index in [1.165, 1.54) is 24.3 Å². The number of hydrogen-bond donors (Lipinski definition) is 10. The van der Waals surface area contributed by atoms with Gasteiger partial charge in [0.05, 0.1) is 12.5 Å². The van der Waals surface area contributed by atoms with Crippen molar-refractivity contribution >= 4 is 41.5 Å². The molecular formula is C24H36N8O9. The number of aliphatic imine (C=N–C) groups is 1. The number of primary amides is 1. The maximum atomic E-state index is 13.0. The highest BCUT2D eigenvalue weighted by Gasteiger charge is 2.32. The molecule has 0 aliphatic carbocycles. The Hall–Kier alpha value is -4.93. The van der Waals surface area contributed by atoms with Crippen LogP contribution in [-0.4, -0.2) is 87.6 Å². The molecule has 0 saturated carbocycles. The number of carbonyl (C=O) groups excluding carboxylic acids is 4. The minimum Gasteiger partial charge on any atom is -0.508 e. The van der Waals surface area contributed by atoms with Crippen LogP contribution in [0.3, 0.4) is 0 Å². The van der Waals surface area contributed by atoms with Crippen LogP contribution < -0.4 is 38.9 Å². The summed E-state index contributed by atoms with van der Waals surface area (Å²) in [6, 6.07) is -0.278. The normalized spacial score (nSPS) is 13.5. The molecular weight excluding hydrogens is 544 g/mol. The third-order valence-electron chi connectivity index (χ3n) is 5.62. The average molecular weight is 581 g/mol. The van der Waals surface area contributed by atoms with Gasteiger partial charge in [-0.1, -0.05) is 12.1 Å². The van der Waals surface area contributed by atoms with Gasteiger partial charge in [-0.2, -0.15) is 0 Å². The van der Waals surface area contributed by atoms with Crippen LogP contribution in [0.5, 0.6) is 5.75 Å². The molecule has 0 radical (unpaired) electrons. The van der Waals surface area contributed by atoms with Gasteiger partial charge in [0.1, 0.15) is 23.9 Å². The molecule has 1 aromatic carbocycles. The van der Waals surface area contributed by atoms with Crippen LogP contribution in [0.25, 0.3) is 0 Å². The quantitative estimate of drug-likeness (QED) is 0.0461. The number of hydrogen-bond acceptors (Lipinski definition) is 9. The molecule has 41 heavy (non-hydrogen) atoms. The van der Waals surface area contributed by atoms with Crippen molar-refractivity contribution in [3.8, 4) is 5.75 Å². The van der Waals surface area contributed by atoms with Crippen molar-refractivity contribution in [2.45, 2.75) is 62.7 Å². The number of carbonyl (C=O) groups is 6. The minimum absolute atomic E-state index is 0.0567. The number of rotatable bonds is 18. The number of phenolic OH excluding ortho intramolecular Hbond substituents is 1. The summed E-state index contributed by atoms with van der Waals surface area (Å²) >= 11 is 0. The lowest BCUT2D eigenvalue weighted by atomic mass is 10.0. The van der Waals surface area contributed by atoms with E-state index in [9.17, 15) is 44.1 Å². The summed E-state index contributed by atoms with van der Waals surface area (Å²) in [5.74, 6) is -6.85. The molecule has 0 fully saturated rings. The monoisotopic (exact) mass is 580 g/mol. The standard InChI is InChI=1S/C24H36N8O9/c25-14(2-1-9-29-24(27)28)20(37)30-15(7-8-18(26)34)21(38)31-16(11-19(35)36)22(39)32-17(23(40)41)10-12-3-5-13(33)6-4-12/h3-6,14-17,33H,1-2,7-11,25H2,(H2,26,34)(H,30,37)(H,31,38)(H,32,39)(H,35,36)(H,40,41)(H4,27,28,29). The summed E-state index contributed by atoms with van der Waals surface area (Å²) in [7, 11) is 0. The fraction of sp³-hybridized carbons (Fsp3) is 0.458. The van der Waals surface area contributed by atoms with Crippen molar-refractivity contribution in [2.75, 3.05) is 6.54 Å². The Bertz CT molecular complexity index is 1120. The third-order valence-corrected chi connectivity index (χ3v) is 5.62. The summed E-state index contributed by atoms with van der Waals surface area (Å²) in [6.45, 7) is 0.199. The van der Waals surface area contributed by atoms with E-state index < -0.39 is 66.2 Å². The lowest BCUT2D eigenvalue weighted by molar-refractivity contribution is -0.143. The van der Waals surface area contributed by atoms with E-state index in [-0.39, 0.29) is 43.9 Å². The SMILES string of the molecule is NC(=O)CCC(NC(=O)C(N)CCCN=C(N)N)C(=O)NC(CC(=O)O)C(=O)NC(Cc1ccc(O)cc1)C(=O)O. The van der Waals surface area contributed by atoms with E-state index >= 15 is 0 Å². The molecule has 0 heterocycles. The number of guanidine groups is 1. The first-order valence-corrected chi connectivity index (χ1v) is 12.4. The summed E-state index contributed by atoms with van der Waals surface area (Å²) < 4.78 is 0. The van der Waals surface area contributed by atoms with Crippen molar-refractivity contribution in [1.29, 1.82) is 0 Å². The average Bonchev–Trinajstić information content (AvgIpc) is 2.88. The van der Waals surface area contributed by atoms with Gasteiger partial charge >= 0.3 is 11.9 Å². The largest absolute Gasteiger partial charge is 0.508 e. The molecule has 1 aromatic rings. The van der Waals surface area contributed by atoms with Crippen molar-refractivity contribution in [1.82, 2.24) is 16.0 Å². The molecule has 17 nitrogen and oxygen atoms in total. The number of nitrogens with zero attached hydrogens (tertiary/aromatic N) is 1. The zero-order valence-corrected chi connectivity index (χ0v) is 22.1. The van der Waals surface area contributed by atoms with Gasteiger partial charge in [-0.15, -0.1) is 0 Å². The molecule has 0 aliphatic rings. The summed E-state index contributed by atoms with van der Waals surface area (Å²) in [5, 5.41) is 35.0. The Morgan fingerprint density at radius 2 is 1.37 bits per heavy atom. The minimum atomic E-state index is -1.75.